The van der Waals surface area contributed by atoms with Gasteiger partial charge < -0.3 is 14.6 Å². The molecule has 1 aromatic carbocycles. The molecule has 0 atom stereocenters. The fourth-order valence-corrected chi connectivity index (χ4v) is 2.93. The Morgan fingerprint density at radius 2 is 1.86 bits per heavy atom. The van der Waals surface area contributed by atoms with Gasteiger partial charge >= 0.3 is 0 Å². The van der Waals surface area contributed by atoms with Gasteiger partial charge in [-0.1, -0.05) is 23.2 Å². The van der Waals surface area contributed by atoms with E-state index >= 15 is 0 Å². The second kappa shape index (κ2) is 5.91. The smallest absolute Gasteiger partial charge is 0.256 e. The maximum absolute atomic E-state index is 11.9. The number of hydrogen-bond donors (Lipinski definition) is 2. The lowest BCUT2D eigenvalue weighted by atomic mass is 10.1. The number of nitrogens with zero attached hydrogens (tertiary/aromatic N) is 1. The van der Waals surface area contributed by atoms with Gasteiger partial charge in [0.25, 0.3) is 5.88 Å². The highest BCUT2D eigenvalue weighted by Gasteiger charge is 2.29. The van der Waals surface area contributed by atoms with Crippen LogP contribution in [0, 0.1) is 0 Å². The summed E-state index contributed by atoms with van der Waals surface area (Å²) in [6.45, 7) is 1.44. The van der Waals surface area contributed by atoms with Crippen molar-refractivity contribution in [3.05, 3.63) is 28.2 Å². The molecule has 0 spiro atoms. The molecule has 0 unspecified atom stereocenters. The minimum Gasteiger partial charge on any atom is -0.502 e. The first-order chi connectivity index (χ1) is 10.2. The second-order valence-corrected chi connectivity index (χ2v) is 7.56. The van der Waals surface area contributed by atoms with Gasteiger partial charge in [-0.25, -0.2) is 12.7 Å². The van der Waals surface area contributed by atoms with E-state index in [0.29, 0.717) is 5.02 Å². The van der Waals surface area contributed by atoms with E-state index in [9.17, 15) is 18.6 Å². The average Bonchev–Trinajstić information content (AvgIpc) is 2.77. The van der Waals surface area contributed by atoms with E-state index in [0.717, 1.165) is 4.31 Å². The van der Waals surface area contributed by atoms with Gasteiger partial charge in [0.15, 0.2) is 5.76 Å². The summed E-state index contributed by atoms with van der Waals surface area (Å²) < 4.78 is 29.8. The maximum atomic E-state index is 11.9. The van der Waals surface area contributed by atoms with Crippen LogP contribution in [0.25, 0.3) is 11.3 Å². The molecule has 0 amide bonds. The Morgan fingerprint density at radius 1 is 1.23 bits per heavy atom. The van der Waals surface area contributed by atoms with Crippen molar-refractivity contribution in [1.29, 1.82) is 0 Å². The molecule has 0 aliphatic carbocycles. The van der Waals surface area contributed by atoms with Crippen molar-refractivity contribution >= 4 is 39.1 Å². The summed E-state index contributed by atoms with van der Waals surface area (Å²) in [5, 5.41) is 20.5. The van der Waals surface area contributed by atoms with Gasteiger partial charge in [0.05, 0.1) is 10.8 Å². The predicted octanol–water partition coefficient (Wildman–Crippen LogP) is 3.45. The molecule has 1 aromatic heterocycles. The molecule has 2 aromatic rings. The molecule has 0 bridgehead atoms. The lowest BCUT2D eigenvalue weighted by Gasteiger charge is -2.14. The van der Waals surface area contributed by atoms with Crippen LogP contribution < -0.4 is 4.31 Å². The van der Waals surface area contributed by atoms with Crippen molar-refractivity contribution in [1.82, 2.24) is 0 Å². The van der Waals surface area contributed by atoms with E-state index in [1.54, 1.807) is 6.07 Å². The van der Waals surface area contributed by atoms with E-state index in [4.69, 9.17) is 27.6 Å². The Bertz CT molecular complexity index is 816. The molecule has 1 heterocycles. The van der Waals surface area contributed by atoms with E-state index in [1.807, 2.05) is 0 Å². The molecular formula is C13H13Cl2NO5S. The Labute approximate surface area is 137 Å². The van der Waals surface area contributed by atoms with Gasteiger partial charge in [-0.15, -0.1) is 0 Å². The summed E-state index contributed by atoms with van der Waals surface area (Å²) in [4.78, 5) is 0. The zero-order chi connectivity index (χ0) is 16.7. The number of anilines is 1. The van der Waals surface area contributed by atoms with E-state index in [-0.39, 0.29) is 22.1 Å². The first-order valence-electron chi connectivity index (χ1n) is 6.15. The number of sulfonamides is 1. The zero-order valence-corrected chi connectivity index (χ0v) is 14.0. The predicted molar refractivity (Wildman–Crippen MR) is 85.4 cm³/mol. The minimum absolute atomic E-state index is 0.168. The molecule has 2 N–H and O–H groups in total. The Morgan fingerprint density at radius 3 is 2.45 bits per heavy atom. The van der Waals surface area contributed by atoms with E-state index < -0.39 is 27.4 Å². The Hall–Kier alpha value is -1.57. The van der Waals surface area contributed by atoms with Crippen LogP contribution in [0.1, 0.15) is 6.92 Å². The summed E-state index contributed by atoms with van der Waals surface area (Å²) in [7, 11) is -2.46. The van der Waals surface area contributed by atoms with Crippen LogP contribution in [-0.4, -0.2) is 31.4 Å². The molecule has 2 rings (SSSR count). The van der Waals surface area contributed by atoms with Gasteiger partial charge in [0.1, 0.15) is 0 Å². The van der Waals surface area contributed by atoms with Gasteiger partial charge in [0, 0.05) is 17.6 Å². The molecule has 120 valence electrons. The van der Waals surface area contributed by atoms with Crippen LogP contribution >= 0.6 is 23.2 Å². The number of hydrogen-bond acceptors (Lipinski definition) is 5. The van der Waals surface area contributed by atoms with Crippen molar-refractivity contribution in [3.8, 4) is 22.8 Å². The average molecular weight is 366 g/mol. The standard InChI is InChI=1S/C13H13Cl2NO5S/c1-3-22(19,20)16(2)13-11(18)10(17)12(21-13)8-6-7(14)4-5-9(8)15/h4-6,17-18H,3H2,1-2H3. The fourth-order valence-electron chi connectivity index (χ4n) is 1.79. The highest BCUT2D eigenvalue weighted by Crippen LogP contribution is 2.48. The molecule has 0 aliphatic rings. The van der Waals surface area contributed by atoms with Crippen LogP contribution in [0.4, 0.5) is 5.88 Å². The highest BCUT2D eigenvalue weighted by molar-refractivity contribution is 7.92. The van der Waals surface area contributed by atoms with Crippen LogP contribution in [-0.2, 0) is 10.0 Å². The van der Waals surface area contributed by atoms with E-state index in [2.05, 4.69) is 0 Å². The van der Waals surface area contributed by atoms with E-state index in [1.165, 1.54) is 26.1 Å². The molecule has 0 fully saturated rings. The SMILES string of the molecule is CCS(=O)(=O)N(C)c1oc(-c2cc(Cl)ccc2Cl)c(O)c1O. The topological polar surface area (TPSA) is 91.0 Å². The lowest BCUT2D eigenvalue weighted by Crippen LogP contribution is -2.27. The third kappa shape index (κ3) is 2.84. The largest absolute Gasteiger partial charge is 0.502 e. The summed E-state index contributed by atoms with van der Waals surface area (Å²) in [6, 6.07) is 4.46. The van der Waals surface area contributed by atoms with Gasteiger partial charge in [-0.2, -0.15) is 0 Å². The van der Waals surface area contributed by atoms with Crippen LogP contribution in [0.5, 0.6) is 11.5 Å². The second-order valence-electron chi connectivity index (χ2n) is 4.43. The molecule has 0 aliphatic heterocycles. The van der Waals surface area contributed by atoms with Gasteiger partial charge in [0.2, 0.25) is 21.5 Å². The quantitative estimate of drug-likeness (QED) is 0.865. The van der Waals surface area contributed by atoms with Crippen molar-refractivity contribution in [2.45, 2.75) is 6.92 Å². The molecule has 6 nitrogen and oxygen atoms in total. The third-order valence-electron chi connectivity index (χ3n) is 3.08. The number of benzene rings is 1. The Kier molecular flexibility index (Phi) is 4.51. The molecular weight excluding hydrogens is 353 g/mol. The highest BCUT2D eigenvalue weighted by atomic mass is 35.5. The summed E-state index contributed by atoms with van der Waals surface area (Å²) in [5.74, 6) is -2.07. The zero-order valence-electron chi connectivity index (χ0n) is 11.7. The summed E-state index contributed by atoms with van der Waals surface area (Å²) in [5.41, 5.74) is 0.232. The normalized spacial score (nSPS) is 11.6. The fraction of sp³-hybridized carbons (Fsp3) is 0.231. The number of aromatic hydroxyl groups is 2. The molecule has 0 saturated heterocycles. The van der Waals surface area contributed by atoms with Crippen molar-refractivity contribution in [2.24, 2.45) is 0 Å². The molecule has 0 radical (unpaired) electrons. The third-order valence-corrected chi connectivity index (χ3v) is 5.38. The molecule has 0 saturated carbocycles. The Balaban J connectivity index is 2.63. The monoisotopic (exact) mass is 365 g/mol. The minimum atomic E-state index is -3.67. The maximum Gasteiger partial charge on any atom is 0.256 e. The number of halogens is 2. The van der Waals surface area contributed by atoms with Crippen molar-refractivity contribution in [2.75, 3.05) is 17.1 Å². The van der Waals surface area contributed by atoms with Crippen molar-refractivity contribution in [3.63, 3.8) is 0 Å². The molecule has 22 heavy (non-hydrogen) atoms. The number of rotatable bonds is 4. The van der Waals surface area contributed by atoms with Gasteiger partial charge in [-0.3, -0.25) is 0 Å². The van der Waals surface area contributed by atoms with Crippen LogP contribution in [0.2, 0.25) is 10.0 Å². The molecule has 9 heteroatoms. The number of furan rings is 1. The van der Waals surface area contributed by atoms with Crippen LogP contribution in [0.15, 0.2) is 22.6 Å². The summed E-state index contributed by atoms with van der Waals surface area (Å²) >= 11 is 11.9. The first-order valence-corrected chi connectivity index (χ1v) is 8.52. The van der Waals surface area contributed by atoms with Crippen LogP contribution in [0.3, 0.4) is 0 Å². The van der Waals surface area contributed by atoms with Crippen molar-refractivity contribution < 1.29 is 23.0 Å². The van der Waals surface area contributed by atoms with Gasteiger partial charge in [-0.05, 0) is 25.1 Å². The first kappa shape index (κ1) is 16.8. The summed E-state index contributed by atoms with van der Waals surface area (Å²) in [6.07, 6.45) is 0. The lowest BCUT2D eigenvalue weighted by molar-refractivity contribution is 0.409.